The maximum atomic E-state index is 11.6. The van der Waals surface area contributed by atoms with Crippen molar-refractivity contribution in [3.63, 3.8) is 0 Å². The molecule has 1 aliphatic heterocycles. The van der Waals surface area contributed by atoms with E-state index in [0.29, 0.717) is 18.9 Å². The van der Waals surface area contributed by atoms with Crippen molar-refractivity contribution >= 4 is 11.8 Å². The van der Waals surface area contributed by atoms with Gasteiger partial charge in [0.2, 0.25) is 11.8 Å². The number of amides is 2. The Labute approximate surface area is 97.2 Å². The van der Waals surface area contributed by atoms with Gasteiger partial charge in [-0.25, -0.2) is 0 Å². The minimum Gasteiger partial charge on any atom is -0.370 e. The lowest BCUT2D eigenvalue weighted by Crippen LogP contribution is -2.42. The third-order valence-electron chi connectivity index (χ3n) is 3.19. The minimum atomic E-state index is -0.234. The van der Waals surface area contributed by atoms with Crippen LogP contribution in [0.2, 0.25) is 0 Å². The third-order valence-corrected chi connectivity index (χ3v) is 3.19. The Bertz CT molecular complexity index is 253. The van der Waals surface area contributed by atoms with E-state index in [1.54, 1.807) is 0 Å². The first-order valence-corrected chi connectivity index (χ1v) is 6.19. The first kappa shape index (κ1) is 13.0. The standard InChI is InChI=1S/C12H22N2O2/c1-10-6-5-8-12(16)14(10)9-4-2-3-7-11(13)15/h10H,2-9H2,1H3,(H2,13,15). The molecule has 0 aromatic heterocycles. The molecule has 1 fully saturated rings. The first-order valence-electron chi connectivity index (χ1n) is 6.19. The molecule has 16 heavy (non-hydrogen) atoms. The van der Waals surface area contributed by atoms with Crippen LogP contribution in [-0.4, -0.2) is 29.3 Å². The fourth-order valence-corrected chi connectivity index (χ4v) is 2.20. The van der Waals surface area contributed by atoms with Gasteiger partial charge >= 0.3 is 0 Å². The van der Waals surface area contributed by atoms with Crippen LogP contribution in [0.25, 0.3) is 0 Å². The molecule has 0 spiro atoms. The number of primary amides is 1. The van der Waals surface area contributed by atoms with Gasteiger partial charge < -0.3 is 10.6 Å². The Morgan fingerprint density at radius 1 is 1.44 bits per heavy atom. The largest absolute Gasteiger partial charge is 0.370 e. The van der Waals surface area contributed by atoms with Crippen molar-refractivity contribution in [1.29, 1.82) is 0 Å². The molecule has 0 radical (unpaired) electrons. The second kappa shape index (κ2) is 6.51. The number of piperidine rings is 1. The van der Waals surface area contributed by atoms with Crippen molar-refractivity contribution < 1.29 is 9.59 Å². The van der Waals surface area contributed by atoms with Crippen molar-refractivity contribution in [2.75, 3.05) is 6.54 Å². The maximum absolute atomic E-state index is 11.6. The summed E-state index contributed by atoms with van der Waals surface area (Å²) in [4.78, 5) is 24.1. The molecule has 2 amide bonds. The number of hydrogen-bond acceptors (Lipinski definition) is 2. The second-order valence-electron chi connectivity index (χ2n) is 4.61. The van der Waals surface area contributed by atoms with Crippen molar-refractivity contribution in [2.24, 2.45) is 5.73 Å². The summed E-state index contributed by atoms with van der Waals surface area (Å²) in [7, 11) is 0. The van der Waals surface area contributed by atoms with Crippen LogP contribution in [0.3, 0.4) is 0 Å². The summed E-state index contributed by atoms with van der Waals surface area (Å²) in [6.07, 6.45) is 6.09. The van der Waals surface area contributed by atoms with Crippen molar-refractivity contribution in [3.8, 4) is 0 Å². The molecule has 92 valence electrons. The second-order valence-corrected chi connectivity index (χ2v) is 4.61. The quantitative estimate of drug-likeness (QED) is 0.696. The average molecular weight is 226 g/mol. The summed E-state index contributed by atoms with van der Waals surface area (Å²) >= 11 is 0. The van der Waals surface area contributed by atoms with Crippen LogP contribution >= 0.6 is 0 Å². The van der Waals surface area contributed by atoms with E-state index < -0.39 is 0 Å². The number of rotatable bonds is 6. The lowest BCUT2D eigenvalue weighted by atomic mass is 10.0. The average Bonchev–Trinajstić information content (AvgIpc) is 2.21. The summed E-state index contributed by atoms with van der Waals surface area (Å²) in [5.41, 5.74) is 5.06. The van der Waals surface area contributed by atoms with Crippen molar-refractivity contribution in [1.82, 2.24) is 4.90 Å². The Balaban J connectivity index is 2.15. The number of unbranched alkanes of at least 4 members (excludes halogenated alkanes) is 2. The highest BCUT2D eigenvalue weighted by molar-refractivity contribution is 5.77. The van der Waals surface area contributed by atoms with Crippen LogP contribution < -0.4 is 5.73 Å². The van der Waals surface area contributed by atoms with Gasteiger partial charge in [0.25, 0.3) is 0 Å². The van der Waals surface area contributed by atoms with Gasteiger partial charge in [-0.3, -0.25) is 9.59 Å². The van der Waals surface area contributed by atoms with Gasteiger partial charge in [0.05, 0.1) is 0 Å². The number of carbonyl (C=O) groups excluding carboxylic acids is 2. The minimum absolute atomic E-state index is 0.234. The fourth-order valence-electron chi connectivity index (χ4n) is 2.20. The van der Waals surface area contributed by atoms with E-state index in [1.807, 2.05) is 4.90 Å². The van der Waals surface area contributed by atoms with E-state index in [0.717, 1.165) is 38.6 Å². The molecule has 1 unspecified atom stereocenters. The molecule has 0 saturated carbocycles. The van der Waals surface area contributed by atoms with Crippen LogP contribution in [-0.2, 0) is 9.59 Å². The molecule has 1 heterocycles. The van der Waals surface area contributed by atoms with E-state index in [9.17, 15) is 9.59 Å². The molecule has 4 nitrogen and oxygen atoms in total. The van der Waals surface area contributed by atoms with E-state index in [2.05, 4.69) is 6.92 Å². The van der Waals surface area contributed by atoms with Gasteiger partial charge in [-0.05, 0) is 32.6 Å². The normalized spacial score (nSPS) is 21.2. The molecule has 1 aliphatic rings. The van der Waals surface area contributed by atoms with Gasteiger partial charge in [0, 0.05) is 25.4 Å². The summed E-state index contributed by atoms with van der Waals surface area (Å²) < 4.78 is 0. The fraction of sp³-hybridized carbons (Fsp3) is 0.833. The summed E-state index contributed by atoms with van der Waals surface area (Å²) in [6, 6.07) is 0.386. The SMILES string of the molecule is CC1CCCC(=O)N1CCCCCC(N)=O. The molecule has 2 N–H and O–H groups in total. The smallest absolute Gasteiger partial charge is 0.222 e. The monoisotopic (exact) mass is 226 g/mol. The Hall–Kier alpha value is -1.06. The maximum Gasteiger partial charge on any atom is 0.222 e. The predicted molar refractivity (Wildman–Crippen MR) is 62.7 cm³/mol. The summed E-state index contributed by atoms with van der Waals surface area (Å²) in [5.74, 6) is 0.0519. The highest BCUT2D eigenvalue weighted by Gasteiger charge is 2.23. The van der Waals surface area contributed by atoms with E-state index in [4.69, 9.17) is 5.73 Å². The van der Waals surface area contributed by atoms with Crippen LogP contribution in [0.15, 0.2) is 0 Å². The van der Waals surface area contributed by atoms with Crippen LogP contribution in [0.4, 0.5) is 0 Å². The van der Waals surface area contributed by atoms with E-state index >= 15 is 0 Å². The predicted octanol–water partition coefficient (Wildman–Crippen LogP) is 1.43. The molecule has 4 heteroatoms. The Morgan fingerprint density at radius 3 is 2.81 bits per heavy atom. The Kier molecular flexibility index (Phi) is 5.29. The zero-order chi connectivity index (χ0) is 12.0. The molecular weight excluding hydrogens is 204 g/mol. The third kappa shape index (κ3) is 4.21. The van der Waals surface area contributed by atoms with E-state index in [1.165, 1.54) is 0 Å². The lowest BCUT2D eigenvalue weighted by molar-refractivity contribution is -0.136. The van der Waals surface area contributed by atoms with Gasteiger partial charge in [0.15, 0.2) is 0 Å². The molecule has 1 atom stereocenters. The zero-order valence-corrected chi connectivity index (χ0v) is 10.1. The first-order chi connectivity index (χ1) is 7.61. The molecular formula is C12H22N2O2. The van der Waals surface area contributed by atoms with Crippen molar-refractivity contribution in [2.45, 2.75) is 57.9 Å². The number of carbonyl (C=O) groups is 2. The molecule has 0 aliphatic carbocycles. The topological polar surface area (TPSA) is 63.4 Å². The molecule has 0 bridgehead atoms. The Morgan fingerprint density at radius 2 is 2.19 bits per heavy atom. The van der Waals surface area contributed by atoms with Gasteiger partial charge in [0.1, 0.15) is 0 Å². The van der Waals surface area contributed by atoms with Crippen molar-refractivity contribution in [3.05, 3.63) is 0 Å². The summed E-state index contributed by atoms with van der Waals surface area (Å²) in [5, 5.41) is 0. The molecule has 0 aromatic carbocycles. The number of hydrogen-bond donors (Lipinski definition) is 1. The zero-order valence-electron chi connectivity index (χ0n) is 10.1. The van der Waals surface area contributed by atoms with E-state index in [-0.39, 0.29) is 11.8 Å². The van der Waals surface area contributed by atoms with Crippen LogP contribution in [0, 0.1) is 0 Å². The van der Waals surface area contributed by atoms with Crippen LogP contribution in [0.1, 0.15) is 51.9 Å². The van der Waals surface area contributed by atoms with Gasteiger partial charge in [-0.2, -0.15) is 0 Å². The molecule has 0 aromatic rings. The highest BCUT2D eigenvalue weighted by atomic mass is 16.2. The number of nitrogens with zero attached hydrogens (tertiary/aromatic N) is 1. The number of likely N-dealkylation sites (tertiary alicyclic amines) is 1. The highest BCUT2D eigenvalue weighted by Crippen LogP contribution is 2.18. The number of nitrogens with two attached hydrogens (primary N) is 1. The lowest BCUT2D eigenvalue weighted by Gasteiger charge is -2.33. The van der Waals surface area contributed by atoms with Crippen LogP contribution in [0.5, 0.6) is 0 Å². The van der Waals surface area contributed by atoms with Gasteiger partial charge in [-0.1, -0.05) is 6.42 Å². The van der Waals surface area contributed by atoms with Gasteiger partial charge in [-0.15, -0.1) is 0 Å². The summed E-state index contributed by atoms with van der Waals surface area (Å²) in [6.45, 7) is 2.94. The molecule has 1 rings (SSSR count). The molecule has 1 saturated heterocycles.